The topological polar surface area (TPSA) is 75.2 Å². The number of piperidine rings is 1. The summed E-state index contributed by atoms with van der Waals surface area (Å²) in [6.45, 7) is 6.82. The Morgan fingerprint density at radius 1 is 1.33 bits per heavy atom. The number of hydrogen-bond donors (Lipinski definition) is 1. The molecule has 0 aromatic carbocycles. The van der Waals surface area contributed by atoms with Gasteiger partial charge in [-0.3, -0.25) is 14.6 Å². The zero-order valence-corrected chi connectivity index (χ0v) is 12.8. The Kier molecular flexibility index (Phi) is 4.88. The number of likely N-dealkylation sites (tertiary alicyclic amines) is 1. The van der Waals surface area contributed by atoms with E-state index in [0.29, 0.717) is 18.8 Å². The highest BCUT2D eigenvalue weighted by atomic mass is 16.2. The number of hydrogen-bond acceptors (Lipinski definition) is 4. The number of aromatic nitrogens is 2. The Labute approximate surface area is 125 Å². The van der Waals surface area contributed by atoms with Gasteiger partial charge in [0.05, 0.1) is 17.8 Å². The minimum atomic E-state index is -0.149. The molecule has 1 atom stereocenters. The number of carbonyl (C=O) groups excluding carboxylic acids is 2. The third kappa shape index (κ3) is 4.00. The summed E-state index contributed by atoms with van der Waals surface area (Å²) >= 11 is 0. The van der Waals surface area contributed by atoms with Gasteiger partial charge in [0.25, 0.3) is 5.91 Å². The van der Waals surface area contributed by atoms with Gasteiger partial charge in [-0.1, -0.05) is 0 Å². The Hall–Kier alpha value is -1.98. The number of aryl methyl sites for hydroxylation is 1. The summed E-state index contributed by atoms with van der Waals surface area (Å²) in [5, 5.41) is 2.91. The van der Waals surface area contributed by atoms with Crippen molar-refractivity contribution in [3.05, 3.63) is 23.8 Å². The van der Waals surface area contributed by atoms with E-state index in [1.54, 1.807) is 11.1 Å². The largest absolute Gasteiger partial charge is 0.354 e. The molecule has 2 amide bonds. The first-order valence-corrected chi connectivity index (χ1v) is 7.35. The zero-order valence-electron chi connectivity index (χ0n) is 12.8. The van der Waals surface area contributed by atoms with Crippen molar-refractivity contribution in [3.8, 4) is 0 Å². The molecule has 2 rings (SSSR count). The molecule has 1 aliphatic rings. The zero-order chi connectivity index (χ0) is 15.4. The average molecular weight is 290 g/mol. The van der Waals surface area contributed by atoms with E-state index in [1.165, 1.54) is 6.20 Å². The van der Waals surface area contributed by atoms with Crippen LogP contribution in [0.25, 0.3) is 0 Å². The van der Waals surface area contributed by atoms with E-state index < -0.39 is 0 Å². The number of rotatable bonds is 3. The van der Waals surface area contributed by atoms with E-state index in [-0.39, 0.29) is 23.8 Å². The third-order valence-electron chi connectivity index (χ3n) is 3.51. The summed E-state index contributed by atoms with van der Waals surface area (Å²) in [5.41, 5.74) is 1.12. The van der Waals surface area contributed by atoms with Crippen molar-refractivity contribution in [2.24, 2.45) is 5.92 Å². The maximum absolute atomic E-state index is 12.4. The van der Waals surface area contributed by atoms with Gasteiger partial charge in [0.2, 0.25) is 5.91 Å². The fourth-order valence-electron chi connectivity index (χ4n) is 2.44. The molecule has 1 fully saturated rings. The van der Waals surface area contributed by atoms with Crippen LogP contribution >= 0.6 is 0 Å². The van der Waals surface area contributed by atoms with Crippen molar-refractivity contribution in [1.82, 2.24) is 20.2 Å². The summed E-state index contributed by atoms with van der Waals surface area (Å²) in [6.07, 6.45) is 4.73. The van der Waals surface area contributed by atoms with Crippen LogP contribution in [0.3, 0.4) is 0 Å². The fraction of sp³-hybridized carbons (Fsp3) is 0.600. The Morgan fingerprint density at radius 3 is 2.71 bits per heavy atom. The first kappa shape index (κ1) is 15.4. The normalized spacial score (nSPS) is 18.7. The molecule has 1 aromatic heterocycles. The Bertz CT molecular complexity index is 513. The van der Waals surface area contributed by atoms with Crippen LogP contribution in [-0.4, -0.2) is 45.8 Å². The summed E-state index contributed by atoms with van der Waals surface area (Å²) in [5.74, 6) is -0.259. The Balaban J connectivity index is 2.01. The van der Waals surface area contributed by atoms with Crippen LogP contribution in [0.1, 0.15) is 42.9 Å². The molecule has 114 valence electrons. The van der Waals surface area contributed by atoms with Crippen molar-refractivity contribution in [3.63, 3.8) is 0 Å². The summed E-state index contributed by atoms with van der Waals surface area (Å²) in [7, 11) is 0. The molecular formula is C15H22N4O2. The summed E-state index contributed by atoms with van der Waals surface area (Å²) < 4.78 is 0. The highest BCUT2D eigenvalue weighted by molar-refractivity contribution is 5.92. The number of amides is 2. The number of nitrogens with zero attached hydrogens (tertiary/aromatic N) is 3. The molecule has 0 bridgehead atoms. The summed E-state index contributed by atoms with van der Waals surface area (Å²) in [4.78, 5) is 34.4. The van der Waals surface area contributed by atoms with Gasteiger partial charge < -0.3 is 10.2 Å². The molecule has 1 aliphatic heterocycles. The van der Waals surface area contributed by atoms with E-state index in [1.807, 2.05) is 20.8 Å². The first-order valence-electron chi connectivity index (χ1n) is 7.35. The summed E-state index contributed by atoms with van der Waals surface area (Å²) in [6, 6.07) is 0.117. The van der Waals surface area contributed by atoms with Crippen molar-refractivity contribution >= 4 is 11.8 Å². The molecule has 2 heterocycles. The van der Waals surface area contributed by atoms with E-state index in [0.717, 1.165) is 18.5 Å². The van der Waals surface area contributed by atoms with Crippen molar-refractivity contribution in [2.75, 3.05) is 13.1 Å². The van der Waals surface area contributed by atoms with Gasteiger partial charge >= 0.3 is 0 Å². The predicted molar refractivity (Wildman–Crippen MR) is 78.7 cm³/mol. The molecular weight excluding hydrogens is 268 g/mol. The van der Waals surface area contributed by atoms with Crippen molar-refractivity contribution in [1.29, 1.82) is 0 Å². The molecule has 0 unspecified atom stereocenters. The second-order valence-corrected chi connectivity index (χ2v) is 5.80. The van der Waals surface area contributed by atoms with Crippen molar-refractivity contribution < 1.29 is 9.59 Å². The van der Waals surface area contributed by atoms with Crippen LogP contribution in [0, 0.1) is 12.8 Å². The monoisotopic (exact) mass is 290 g/mol. The third-order valence-corrected chi connectivity index (χ3v) is 3.51. The standard InChI is InChI=1S/C15H22N4O2/c1-10(2)18-14(20)12-5-4-6-19(9-12)15(21)13-8-16-11(3)7-17-13/h7-8,10,12H,4-6,9H2,1-3H3,(H,18,20)/t12-/m1/s1. The van der Waals surface area contributed by atoms with E-state index in [2.05, 4.69) is 15.3 Å². The smallest absolute Gasteiger partial charge is 0.274 e. The highest BCUT2D eigenvalue weighted by Gasteiger charge is 2.29. The second-order valence-electron chi connectivity index (χ2n) is 5.80. The maximum atomic E-state index is 12.4. The lowest BCUT2D eigenvalue weighted by atomic mass is 9.96. The van der Waals surface area contributed by atoms with E-state index in [9.17, 15) is 9.59 Å². The average Bonchev–Trinajstić information content (AvgIpc) is 2.47. The first-order chi connectivity index (χ1) is 9.97. The SMILES string of the molecule is Cc1cnc(C(=O)N2CCC[C@@H](C(=O)NC(C)C)C2)cn1. The van der Waals surface area contributed by atoms with Gasteiger partial charge in [-0.25, -0.2) is 4.98 Å². The quantitative estimate of drug-likeness (QED) is 0.906. The van der Waals surface area contributed by atoms with Crippen LogP contribution in [0.15, 0.2) is 12.4 Å². The van der Waals surface area contributed by atoms with E-state index in [4.69, 9.17) is 0 Å². The minimum Gasteiger partial charge on any atom is -0.354 e. The second kappa shape index (κ2) is 6.65. The van der Waals surface area contributed by atoms with Gasteiger partial charge in [-0.15, -0.1) is 0 Å². The molecule has 1 N–H and O–H groups in total. The number of nitrogens with one attached hydrogen (secondary N) is 1. The van der Waals surface area contributed by atoms with Crippen LogP contribution < -0.4 is 5.32 Å². The van der Waals surface area contributed by atoms with Gasteiger partial charge in [-0.2, -0.15) is 0 Å². The van der Waals surface area contributed by atoms with Gasteiger partial charge in [-0.05, 0) is 33.6 Å². The molecule has 0 radical (unpaired) electrons. The molecule has 6 heteroatoms. The predicted octanol–water partition coefficient (Wildman–Crippen LogP) is 1.16. The maximum Gasteiger partial charge on any atom is 0.274 e. The fourth-order valence-corrected chi connectivity index (χ4v) is 2.44. The lowest BCUT2D eigenvalue weighted by Crippen LogP contribution is -2.46. The number of carbonyl (C=O) groups is 2. The molecule has 0 aliphatic carbocycles. The molecule has 1 saturated heterocycles. The van der Waals surface area contributed by atoms with E-state index >= 15 is 0 Å². The molecule has 21 heavy (non-hydrogen) atoms. The van der Waals surface area contributed by atoms with Gasteiger partial charge in [0, 0.05) is 25.3 Å². The highest BCUT2D eigenvalue weighted by Crippen LogP contribution is 2.18. The Morgan fingerprint density at radius 2 is 2.10 bits per heavy atom. The van der Waals surface area contributed by atoms with Crippen molar-refractivity contribution in [2.45, 2.75) is 39.7 Å². The molecule has 6 nitrogen and oxygen atoms in total. The molecule has 0 spiro atoms. The van der Waals surface area contributed by atoms with Crippen LogP contribution in [0.4, 0.5) is 0 Å². The van der Waals surface area contributed by atoms with Crippen LogP contribution in [-0.2, 0) is 4.79 Å². The lowest BCUT2D eigenvalue weighted by molar-refractivity contribution is -0.126. The van der Waals surface area contributed by atoms with Crippen LogP contribution in [0.5, 0.6) is 0 Å². The minimum absolute atomic E-state index is 0.0255. The molecule has 1 aromatic rings. The van der Waals surface area contributed by atoms with Gasteiger partial charge in [0.1, 0.15) is 5.69 Å². The molecule has 0 saturated carbocycles. The van der Waals surface area contributed by atoms with Crippen LogP contribution in [0.2, 0.25) is 0 Å². The lowest BCUT2D eigenvalue weighted by Gasteiger charge is -2.32. The van der Waals surface area contributed by atoms with Gasteiger partial charge in [0.15, 0.2) is 0 Å².